The Balaban J connectivity index is 1.72. The number of anilines is 2. The molecule has 0 aliphatic carbocycles. The Hall–Kier alpha value is -2.83. The summed E-state index contributed by atoms with van der Waals surface area (Å²) < 4.78 is 6.05. The number of para-hydroxylation sites is 2. The van der Waals surface area contributed by atoms with E-state index in [0.717, 1.165) is 24.5 Å². The van der Waals surface area contributed by atoms with Crippen LogP contribution in [-0.4, -0.2) is 53.6 Å². The smallest absolute Gasteiger partial charge is 0.276 e. The lowest BCUT2D eigenvalue weighted by atomic mass is 10.1. The zero-order valence-corrected chi connectivity index (χ0v) is 13.8. The minimum atomic E-state index is -0.258. The topological polar surface area (TPSA) is 84.6 Å². The Morgan fingerprint density at radius 1 is 1.38 bits per heavy atom. The summed E-state index contributed by atoms with van der Waals surface area (Å²) in [6.45, 7) is 4.15. The van der Waals surface area contributed by atoms with Crippen molar-refractivity contribution in [3.8, 4) is 5.75 Å². The van der Waals surface area contributed by atoms with Gasteiger partial charge in [0.05, 0.1) is 18.8 Å². The third-order valence-corrected chi connectivity index (χ3v) is 4.06. The Kier molecular flexibility index (Phi) is 4.50. The molecule has 24 heavy (non-hydrogen) atoms. The predicted octanol–water partition coefficient (Wildman–Crippen LogP) is 1.42. The molecule has 0 saturated carbocycles. The van der Waals surface area contributed by atoms with E-state index in [4.69, 9.17) is 10.5 Å². The molecule has 126 valence electrons. The van der Waals surface area contributed by atoms with Crippen LogP contribution in [0.3, 0.4) is 0 Å². The van der Waals surface area contributed by atoms with Gasteiger partial charge in [-0.25, -0.2) is 9.97 Å². The molecule has 3 rings (SSSR count). The first-order chi connectivity index (χ1) is 11.6. The Bertz CT molecular complexity index is 736. The van der Waals surface area contributed by atoms with Gasteiger partial charge in [-0.3, -0.25) is 4.79 Å². The first-order valence-electron chi connectivity index (χ1n) is 7.92. The van der Waals surface area contributed by atoms with Gasteiger partial charge in [0.15, 0.2) is 11.5 Å². The molecule has 0 fully saturated rings. The second-order valence-corrected chi connectivity index (χ2v) is 5.72. The van der Waals surface area contributed by atoms with Crippen molar-refractivity contribution in [1.29, 1.82) is 0 Å². The Morgan fingerprint density at radius 2 is 2.12 bits per heavy atom. The lowest BCUT2D eigenvalue weighted by Gasteiger charge is -2.37. The number of ether oxygens (including phenoxy) is 1. The predicted molar refractivity (Wildman–Crippen MR) is 92.1 cm³/mol. The van der Waals surface area contributed by atoms with E-state index in [1.807, 2.05) is 24.3 Å². The van der Waals surface area contributed by atoms with Gasteiger partial charge in [-0.1, -0.05) is 12.1 Å². The van der Waals surface area contributed by atoms with Gasteiger partial charge in [0.1, 0.15) is 11.9 Å². The fourth-order valence-electron chi connectivity index (χ4n) is 2.86. The molecule has 1 aliphatic heterocycles. The highest BCUT2D eigenvalue weighted by molar-refractivity contribution is 5.96. The molecule has 1 aromatic heterocycles. The summed E-state index contributed by atoms with van der Waals surface area (Å²) in [6, 6.07) is 7.94. The first-order valence-corrected chi connectivity index (χ1v) is 7.92. The van der Waals surface area contributed by atoms with Gasteiger partial charge in [0.25, 0.3) is 5.91 Å². The standard InChI is InChI=1S/C17H21N5O2/c1-3-22-11-12(24-14-7-5-4-6-13(14)22)10-21(2)17(23)15-16(18)20-9-8-19-15/h4-9,12H,3,10-11H2,1-2H3,(H2,18,20)/t12-/m0/s1. The van der Waals surface area contributed by atoms with Gasteiger partial charge in [0, 0.05) is 26.0 Å². The second-order valence-electron chi connectivity index (χ2n) is 5.72. The number of aromatic nitrogens is 2. The van der Waals surface area contributed by atoms with Crippen LogP contribution in [0, 0.1) is 0 Å². The average molecular weight is 327 g/mol. The zero-order chi connectivity index (χ0) is 17.1. The third-order valence-electron chi connectivity index (χ3n) is 4.06. The molecule has 1 atom stereocenters. The van der Waals surface area contributed by atoms with Crippen LogP contribution in [0.25, 0.3) is 0 Å². The minimum absolute atomic E-state index is 0.119. The summed E-state index contributed by atoms with van der Waals surface area (Å²) >= 11 is 0. The molecule has 0 bridgehead atoms. The number of hydrogen-bond donors (Lipinski definition) is 1. The van der Waals surface area contributed by atoms with Crippen LogP contribution in [0.2, 0.25) is 0 Å². The normalized spacial score (nSPS) is 16.2. The summed E-state index contributed by atoms with van der Waals surface area (Å²) in [4.78, 5) is 24.3. The van der Waals surface area contributed by atoms with E-state index >= 15 is 0 Å². The largest absolute Gasteiger partial charge is 0.485 e. The molecule has 0 spiro atoms. The number of nitrogens with zero attached hydrogens (tertiary/aromatic N) is 4. The lowest BCUT2D eigenvalue weighted by molar-refractivity contribution is 0.0704. The quantitative estimate of drug-likeness (QED) is 0.914. The average Bonchev–Trinajstić information content (AvgIpc) is 2.60. The summed E-state index contributed by atoms with van der Waals surface area (Å²) in [5.74, 6) is 0.723. The van der Waals surface area contributed by atoms with Crippen molar-refractivity contribution >= 4 is 17.4 Å². The van der Waals surface area contributed by atoms with E-state index in [2.05, 4.69) is 21.8 Å². The molecule has 7 nitrogen and oxygen atoms in total. The van der Waals surface area contributed by atoms with E-state index in [9.17, 15) is 4.79 Å². The van der Waals surface area contributed by atoms with E-state index < -0.39 is 0 Å². The Morgan fingerprint density at radius 3 is 2.88 bits per heavy atom. The fraction of sp³-hybridized carbons (Fsp3) is 0.353. The number of carbonyl (C=O) groups is 1. The van der Waals surface area contributed by atoms with Crippen LogP contribution in [0.5, 0.6) is 5.75 Å². The SMILES string of the molecule is CCN1C[C@H](CN(C)C(=O)c2nccnc2N)Oc2ccccc21. The fourth-order valence-corrected chi connectivity index (χ4v) is 2.86. The number of likely N-dealkylation sites (N-methyl/N-ethyl adjacent to an activating group) is 2. The highest BCUT2D eigenvalue weighted by Crippen LogP contribution is 2.32. The highest BCUT2D eigenvalue weighted by Gasteiger charge is 2.27. The number of carbonyl (C=O) groups excluding carboxylic acids is 1. The molecular formula is C17H21N5O2. The maximum absolute atomic E-state index is 12.5. The van der Waals surface area contributed by atoms with Crippen LogP contribution in [-0.2, 0) is 0 Å². The van der Waals surface area contributed by atoms with Crippen molar-refractivity contribution in [2.75, 3.05) is 37.3 Å². The number of benzene rings is 1. The van der Waals surface area contributed by atoms with Crippen molar-refractivity contribution in [2.24, 2.45) is 0 Å². The zero-order valence-electron chi connectivity index (χ0n) is 13.8. The molecule has 2 aromatic rings. The van der Waals surface area contributed by atoms with Gasteiger partial charge in [-0.15, -0.1) is 0 Å². The number of nitrogens with two attached hydrogens (primary N) is 1. The van der Waals surface area contributed by atoms with Gasteiger partial charge < -0.3 is 20.3 Å². The molecule has 7 heteroatoms. The molecule has 2 N–H and O–H groups in total. The maximum Gasteiger partial charge on any atom is 0.276 e. The van der Waals surface area contributed by atoms with Crippen molar-refractivity contribution in [1.82, 2.24) is 14.9 Å². The molecule has 1 aliphatic rings. The molecule has 0 radical (unpaired) electrons. The van der Waals surface area contributed by atoms with E-state index in [1.54, 1.807) is 11.9 Å². The van der Waals surface area contributed by atoms with Crippen molar-refractivity contribution in [3.05, 3.63) is 42.4 Å². The van der Waals surface area contributed by atoms with Gasteiger partial charge in [-0.05, 0) is 19.1 Å². The van der Waals surface area contributed by atoms with E-state index in [0.29, 0.717) is 6.54 Å². The molecule has 0 unspecified atom stereocenters. The van der Waals surface area contributed by atoms with Crippen LogP contribution in [0.1, 0.15) is 17.4 Å². The van der Waals surface area contributed by atoms with Crippen molar-refractivity contribution in [2.45, 2.75) is 13.0 Å². The summed E-state index contributed by atoms with van der Waals surface area (Å²) in [7, 11) is 1.72. The number of nitrogen functional groups attached to an aromatic ring is 1. The van der Waals surface area contributed by atoms with Crippen LogP contribution in [0.15, 0.2) is 36.7 Å². The molecule has 1 aromatic carbocycles. The second kappa shape index (κ2) is 6.74. The number of fused-ring (bicyclic) bond motifs is 1. The Labute approximate surface area is 141 Å². The van der Waals surface area contributed by atoms with E-state index in [-0.39, 0.29) is 23.5 Å². The maximum atomic E-state index is 12.5. The monoisotopic (exact) mass is 327 g/mol. The minimum Gasteiger partial charge on any atom is -0.485 e. The summed E-state index contributed by atoms with van der Waals surface area (Å²) in [6.07, 6.45) is 2.81. The van der Waals surface area contributed by atoms with Gasteiger partial charge >= 0.3 is 0 Å². The van der Waals surface area contributed by atoms with Gasteiger partial charge in [-0.2, -0.15) is 0 Å². The molecule has 1 amide bonds. The number of hydrogen-bond acceptors (Lipinski definition) is 6. The van der Waals surface area contributed by atoms with Crippen LogP contribution < -0.4 is 15.4 Å². The number of amides is 1. The van der Waals surface area contributed by atoms with Crippen LogP contribution >= 0.6 is 0 Å². The summed E-state index contributed by atoms with van der Waals surface area (Å²) in [5, 5.41) is 0. The highest BCUT2D eigenvalue weighted by atomic mass is 16.5. The number of rotatable bonds is 4. The van der Waals surface area contributed by atoms with Crippen LogP contribution in [0.4, 0.5) is 11.5 Å². The molecule has 2 heterocycles. The summed E-state index contributed by atoms with van der Waals surface area (Å²) in [5.41, 5.74) is 7.00. The van der Waals surface area contributed by atoms with E-state index in [1.165, 1.54) is 12.4 Å². The molecule has 0 saturated heterocycles. The molecular weight excluding hydrogens is 306 g/mol. The van der Waals surface area contributed by atoms with Gasteiger partial charge in [0.2, 0.25) is 0 Å². The first kappa shape index (κ1) is 16.0. The lowest BCUT2D eigenvalue weighted by Crippen LogP contribution is -2.47. The third kappa shape index (κ3) is 3.10. The van der Waals surface area contributed by atoms with Crippen molar-refractivity contribution in [3.63, 3.8) is 0 Å². The van der Waals surface area contributed by atoms with Crippen molar-refractivity contribution < 1.29 is 9.53 Å².